The number of methoxy groups -OCH3 is 2. The van der Waals surface area contributed by atoms with Crippen molar-refractivity contribution in [3.8, 4) is 17.2 Å². The Morgan fingerprint density at radius 1 is 1.21 bits per heavy atom. The third-order valence-corrected chi connectivity index (χ3v) is 3.29. The molecule has 1 aromatic rings. The highest BCUT2D eigenvalue weighted by Gasteiger charge is 2.24. The van der Waals surface area contributed by atoms with Gasteiger partial charge in [-0.05, 0) is 25.0 Å². The summed E-state index contributed by atoms with van der Waals surface area (Å²) >= 11 is 0. The molecule has 3 nitrogen and oxygen atoms in total. The lowest BCUT2D eigenvalue weighted by atomic mass is 9.94. The van der Waals surface area contributed by atoms with E-state index >= 15 is 0 Å². The quantitative estimate of drug-likeness (QED) is 0.815. The standard InChI is InChI=1S/C16H20O3/c1-6-7-12-8-10(2)19-16-11(3)13(17-4)9-14(18-5)15(12)16/h8-9H,2,6-7H2,1,3-5H3. The molecule has 1 aliphatic heterocycles. The monoisotopic (exact) mass is 260 g/mol. The van der Waals surface area contributed by atoms with Crippen LogP contribution in [0, 0.1) is 6.92 Å². The molecule has 0 spiro atoms. The molecule has 1 heterocycles. The van der Waals surface area contributed by atoms with E-state index in [-0.39, 0.29) is 0 Å². The van der Waals surface area contributed by atoms with Gasteiger partial charge in [-0.3, -0.25) is 0 Å². The van der Waals surface area contributed by atoms with Gasteiger partial charge in [-0.25, -0.2) is 0 Å². The van der Waals surface area contributed by atoms with Crippen LogP contribution in [0.15, 0.2) is 24.5 Å². The first-order chi connectivity index (χ1) is 9.12. The SMILES string of the molecule is C=C1C=C(CCC)c2c(OC)cc(OC)c(C)c2O1. The van der Waals surface area contributed by atoms with Crippen LogP contribution in [0.2, 0.25) is 0 Å². The van der Waals surface area contributed by atoms with E-state index in [1.54, 1.807) is 14.2 Å². The lowest BCUT2D eigenvalue weighted by molar-refractivity contribution is 0.375. The Morgan fingerprint density at radius 2 is 1.89 bits per heavy atom. The second-order valence-electron chi connectivity index (χ2n) is 4.60. The summed E-state index contributed by atoms with van der Waals surface area (Å²) in [6, 6.07) is 1.91. The Morgan fingerprint density at radius 3 is 2.47 bits per heavy atom. The zero-order valence-electron chi connectivity index (χ0n) is 12.0. The summed E-state index contributed by atoms with van der Waals surface area (Å²) in [5.74, 6) is 3.01. The van der Waals surface area contributed by atoms with Gasteiger partial charge >= 0.3 is 0 Å². The minimum atomic E-state index is 0.661. The Kier molecular flexibility index (Phi) is 3.84. The van der Waals surface area contributed by atoms with Crippen LogP contribution in [-0.2, 0) is 0 Å². The van der Waals surface area contributed by atoms with Crippen LogP contribution < -0.4 is 14.2 Å². The van der Waals surface area contributed by atoms with Crippen LogP contribution >= 0.6 is 0 Å². The van der Waals surface area contributed by atoms with Crippen LogP contribution in [0.25, 0.3) is 5.57 Å². The lowest BCUT2D eigenvalue weighted by Gasteiger charge is -2.24. The largest absolute Gasteiger partial charge is 0.496 e. The average Bonchev–Trinajstić information content (AvgIpc) is 2.40. The van der Waals surface area contributed by atoms with Gasteiger partial charge in [0, 0.05) is 11.6 Å². The maximum atomic E-state index is 5.79. The molecule has 0 amide bonds. The van der Waals surface area contributed by atoms with Crippen molar-refractivity contribution in [3.63, 3.8) is 0 Å². The fraction of sp³-hybridized carbons (Fsp3) is 0.375. The average molecular weight is 260 g/mol. The van der Waals surface area contributed by atoms with E-state index in [0.29, 0.717) is 5.76 Å². The summed E-state index contributed by atoms with van der Waals surface area (Å²) in [6.07, 6.45) is 4.02. The second-order valence-corrected chi connectivity index (χ2v) is 4.60. The van der Waals surface area contributed by atoms with E-state index in [2.05, 4.69) is 13.5 Å². The molecule has 3 heteroatoms. The number of rotatable bonds is 4. The number of hydrogen-bond donors (Lipinski definition) is 0. The maximum Gasteiger partial charge on any atom is 0.145 e. The summed E-state index contributed by atoms with van der Waals surface area (Å²) in [5.41, 5.74) is 3.20. The first kappa shape index (κ1) is 13.5. The zero-order chi connectivity index (χ0) is 14.0. The highest BCUT2D eigenvalue weighted by Crippen LogP contribution is 2.46. The number of benzene rings is 1. The molecule has 0 atom stereocenters. The Hall–Kier alpha value is -1.90. The van der Waals surface area contributed by atoms with Gasteiger partial charge in [0.2, 0.25) is 0 Å². The van der Waals surface area contributed by atoms with Crippen molar-refractivity contribution in [2.75, 3.05) is 14.2 Å². The van der Waals surface area contributed by atoms with Crippen molar-refractivity contribution in [1.29, 1.82) is 0 Å². The third-order valence-electron chi connectivity index (χ3n) is 3.29. The molecular formula is C16H20O3. The summed E-state index contributed by atoms with van der Waals surface area (Å²) in [4.78, 5) is 0. The molecule has 0 saturated heterocycles. The predicted molar refractivity (Wildman–Crippen MR) is 76.9 cm³/mol. The van der Waals surface area contributed by atoms with Gasteiger partial charge in [0.1, 0.15) is 23.0 Å². The lowest BCUT2D eigenvalue weighted by Crippen LogP contribution is -2.07. The molecule has 2 rings (SSSR count). The van der Waals surface area contributed by atoms with E-state index in [9.17, 15) is 0 Å². The summed E-state index contributed by atoms with van der Waals surface area (Å²) < 4.78 is 16.7. The van der Waals surface area contributed by atoms with Crippen molar-refractivity contribution in [2.45, 2.75) is 26.7 Å². The highest BCUT2D eigenvalue weighted by molar-refractivity contribution is 5.81. The minimum absolute atomic E-state index is 0.661. The van der Waals surface area contributed by atoms with Crippen molar-refractivity contribution in [1.82, 2.24) is 0 Å². The van der Waals surface area contributed by atoms with Crippen molar-refractivity contribution >= 4 is 5.57 Å². The molecule has 1 aliphatic rings. The molecule has 0 bridgehead atoms. The maximum absolute atomic E-state index is 5.79. The van der Waals surface area contributed by atoms with Gasteiger partial charge in [0.15, 0.2) is 0 Å². The van der Waals surface area contributed by atoms with Gasteiger partial charge in [0.25, 0.3) is 0 Å². The van der Waals surface area contributed by atoms with Crippen molar-refractivity contribution in [3.05, 3.63) is 35.6 Å². The normalized spacial score (nSPS) is 13.5. The number of allylic oxidation sites excluding steroid dienone is 2. The fourth-order valence-corrected chi connectivity index (χ4v) is 2.41. The summed E-state index contributed by atoms with van der Waals surface area (Å²) in [6.45, 7) is 8.06. The number of ether oxygens (including phenoxy) is 3. The topological polar surface area (TPSA) is 27.7 Å². The first-order valence-electron chi connectivity index (χ1n) is 6.45. The van der Waals surface area contributed by atoms with E-state index in [0.717, 1.165) is 41.2 Å². The van der Waals surface area contributed by atoms with Gasteiger partial charge in [-0.1, -0.05) is 19.9 Å². The van der Waals surface area contributed by atoms with Crippen LogP contribution in [0.1, 0.15) is 30.9 Å². The third kappa shape index (κ3) is 2.33. The molecule has 0 unspecified atom stereocenters. The Labute approximate surface area is 114 Å². The molecule has 1 aromatic carbocycles. The Balaban J connectivity index is 2.68. The first-order valence-corrected chi connectivity index (χ1v) is 6.45. The van der Waals surface area contributed by atoms with Crippen LogP contribution in [0.4, 0.5) is 0 Å². The zero-order valence-corrected chi connectivity index (χ0v) is 12.0. The van der Waals surface area contributed by atoms with Gasteiger partial charge in [0.05, 0.1) is 19.8 Å². The van der Waals surface area contributed by atoms with Crippen LogP contribution in [0.5, 0.6) is 17.2 Å². The fourth-order valence-electron chi connectivity index (χ4n) is 2.41. The summed E-state index contributed by atoms with van der Waals surface area (Å²) in [7, 11) is 3.31. The minimum Gasteiger partial charge on any atom is -0.496 e. The number of hydrogen-bond acceptors (Lipinski definition) is 3. The molecule has 0 radical (unpaired) electrons. The summed E-state index contributed by atoms with van der Waals surface area (Å²) in [5, 5.41) is 0. The number of fused-ring (bicyclic) bond motifs is 1. The predicted octanol–water partition coefficient (Wildman–Crippen LogP) is 4.10. The smallest absolute Gasteiger partial charge is 0.145 e. The molecule has 102 valence electrons. The Bertz CT molecular complexity index is 541. The van der Waals surface area contributed by atoms with Gasteiger partial charge in [-0.15, -0.1) is 0 Å². The van der Waals surface area contributed by atoms with Crippen molar-refractivity contribution < 1.29 is 14.2 Å². The molecule has 0 aliphatic carbocycles. The van der Waals surface area contributed by atoms with E-state index in [1.165, 1.54) is 5.57 Å². The molecule has 0 saturated carbocycles. The van der Waals surface area contributed by atoms with Gasteiger partial charge in [-0.2, -0.15) is 0 Å². The molecule has 19 heavy (non-hydrogen) atoms. The van der Waals surface area contributed by atoms with E-state index in [4.69, 9.17) is 14.2 Å². The molecule has 0 N–H and O–H groups in total. The van der Waals surface area contributed by atoms with Crippen molar-refractivity contribution in [2.24, 2.45) is 0 Å². The van der Waals surface area contributed by atoms with Crippen LogP contribution in [-0.4, -0.2) is 14.2 Å². The second kappa shape index (κ2) is 5.39. The highest BCUT2D eigenvalue weighted by atomic mass is 16.5. The van der Waals surface area contributed by atoms with Gasteiger partial charge < -0.3 is 14.2 Å². The molecular weight excluding hydrogens is 240 g/mol. The molecule has 0 aromatic heterocycles. The van der Waals surface area contributed by atoms with E-state index in [1.807, 2.05) is 19.1 Å². The van der Waals surface area contributed by atoms with Crippen LogP contribution in [0.3, 0.4) is 0 Å². The molecule has 0 fully saturated rings. The van der Waals surface area contributed by atoms with E-state index < -0.39 is 0 Å².